The van der Waals surface area contributed by atoms with E-state index in [4.69, 9.17) is 9.47 Å². The van der Waals surface area contributed by atoms with Crippen LogP contribution in [0.1, 0.15) is 56.7 Å². The molecule has 0 aliphatic heterocycles. The molecular weight excluding hydrogens is 342 g/mol. The first-order valence-corrected chi connectivity index (χ1v) is 9.10. The van der Waals surface area contributed by atoms with E-state index in [0.29, 0.717) is 5.69 Å². The first kappa shape index (κ1) is 17.4. The summed E-state index contributed by atoms with van der Waals surface area (Å²) in [5.74, 6) is -1.15. The molecule has 1 aliphatic rings. The molecule has 1 heterocycles. The second kappa shape index (κ2) is 7.65. The van der Waals surface area contributed by atoms with E-state index in [2.05, 4.69) is 4.98 Å². The van der Waals surface area contributed by atoms with Gasteiger partial charge in [-0.25, -0.2) is 14.6 Å². The minimum absolute atomic E-state index is 0.0591. The molecule has 0 unspecified atom stereocenters. The molecule has 1 aliphatic carbocycles. The number of hydrogen-bond donors (Lipinski definition) is 1. The highest BCUT2D eigenvalue weighted by atomic mass is 32.1. The average molecular weight is 361 g/mol. The van der Waals surface area contributed by atoms with Crippen LogP contribution in [0.4, 0.5) is 0 Å². The average Bonchev–Trinajstić information content (AvgIpc) is 3.08. The van der Waals surface area contributed by atoms with Crippen LogP contribution in [0.15, 0.2) is 17.5 Å². The van der Waals surface area contributed by atoms with Crippen molar-refractivity contribution in [3.05, 3.63) is 44.9 Å². The van der Waals surface area contributed by atoms with Gasteiger partial charge < -0.3 is 14.6 Å². The zero-order valence-corrected chi connectivity index (χ0v) is 14.7. The van der Waals surface area contributed by atoms with Crippen LogP contribution in [0.2, 0.25) is 0 Å². The maximum Gasteiger partial charge on any atom is 0.367 e. The molecule has 1 aromatic carbocycles. The summed E-state index contributed by atoms with van der Waals surface area (Å²) in [7, 11) is 0. The summed E-state index contributed by atoms with van der Waals surface area (Å²) in [5, 5.41) is 12.0. The molecule has 0 saturated carbocycles. The number of thiazole rings is 1. The fourth-order valence-corrected chi connectivity index (χ4v) is 3.51. The SMILES string of the molecule is CCOC(=O)c1nc(COC(=O)c2cc3c(cc2O)CCCC3)cs1. The Morgan fingerprint density at radius 3 is 2.60 bits per heavy atom. The lowest BCUT2D eigenvalue weighted by molar-refractivity contribution is 0.0464. The summed E-state index contributed by atoms with van der Waals surface area (Å²) in [5.41, 5.74) is 2.83. The van der Waals surface area contributed by atoms with Crippen LogP contribution < -0.4 is 0 Å². The normalized spacial score (nSPS) is 13.2. The lowest BCUT2D eigenvalue weighted by Gasteiger charge is -2.17. The third kappa shape index (κ3) is 3.99. The minimum Gasteiger partial charge on any atom is -0.507 e. The largest absolute Gasteiger partial charge is 0.507 e. The van der Waals surface area contributed by atoms with Gasteiger partial charge in [0.2, 0.25) is 5.01 Å². The van der Waals surface area contributed by atoms with E-state index in [1.54, 1.807) is 24.4 Å². The van der Waals surface area contributed by atoms with Crippen molar-refractivity contribution in [2.24, 2.45) is 0 Å². The van der Waals surface area contributed by atoms with Gasteiger partial charge in [0, 0.05) is 5.38 Å². The fourth-order valence-electron chi connectivity index (χ4n) is 2.81. The number of aromatic hydroxyl groups is 1. The highest BCUT2D eigenvalue weighted by Gasteiger charge is 2.19. The zero-order chi connectivity index (χ0) is 17.8. The molecule has 25 heavy (non-hydrogen) atoms. The van der Waals surface area contributed by atoms with Crippen molar-refractivity contribution in [3.8, 4) is 5.75 Å². The van der Waals surface area contributed by atoms with Gasteiger partial charge in [-0.2, -0.15) is 0 Å². The van der Waals surface area contributed by atoms with Crippen molar-refractivity contribution in [1.82, 2.24) is 4.98 Å². The monoisotopic (exact) mass is 361 g/mol. The lowest BCUT2D eigenvalue weighted by Crippen LogP contribution is -2.10. The fraction of sp³-hybridized carbons (Fsp3) is 0.389. The van der Waals surface area contributed by atoms with E-state index in [9.17, 15) is 14.7 Å². The standard InChI is InChI=1S/C18H19NO5S/c1-2-23-18(22)16-19-13(10-25-16)9-24-17(21)14-7-11-5-3-4-6-12(11)8-15(14)20/h7-8,10,20H,2-6,9H2,1H3. The zero-order valence-electron chi connectivity index (χ0n) is 13.9. The Hall–Kier alpha value is -2.41. The van der Waals surface area contributed by atoms with Crippen LogP contribution in [0.25, 0.3) is 0 Å². The number of aromatic nitrogens is 1. The van der Waals surface area contributed by atoms with Gasteiger partial charge in [-0.05, 0) is 55.9 Å². The Bertz CT molecular complexity index is 799. The molecule has 0 amide bonds. The van der Waals surface area contributed by atoms with E-state index in [1.165, 1.54) is 0 Å². The topological polar surface area (TPSA) is 85.7 Å². The molecule has 132 valence electrons. The summed E-state index contributed by atoms with van der Waals surface area (Å²) in [6, 6.07) is 3.38. The van der Waals surface area contributed by atoms with Gasteiger partial charge >= 0.3 is 11.9 Å². The second-order valence-electron chi connectivity index (χ2n) is 5.79. The van der Waals surface area contributed by atoms with Gasteiger partial charge in [-0.15, -0.1) is 11.3 Å². The van der Waals surface area contributed by atoms with Crippen molar-refractivity contribution in [2.45, 2.75) is 39.2 Å². The molecule has 0 atom stereocenters. The molecule has 0 radical (unpaired) electrons. The summed E-state index contributed by atoms with van der Waals surface area (Å²) >= 11 is 1.14. The number of phenolic OH excluding ortho intramolecular Hbond substituents is 1. The van der Waals surface area contributed by atoms with Crippen molar-refractivity contribution < 1.29 is 24.2 Å². The van der Waals surface area contributed by atoms with E-state index in [0.717, 1.165) is 48.1 Å². The van der Waals surface area contributed by atoms with Crippen molar-refractivity contribution in [2.75, 3.05) is 6.61 Å². The first-order chi connectivity index (χ1) is 12.1. The number of esters is 2. The molecule has 2 aromatic rings. The molecular formula is C18H19NO5S. The molecule has 3 rings (SSSR count). The first-order valence-electron chi connectivity index (χ1n) is 8.22. The molecule has 0 saturated heterocycles. The van der Waals surface area contributed by atoms with Gasteiger partial charge in [-0.3, -0.25) is 0 Å². The van der Waals surface area contributed by atoms with Gasteiger partial charge in [0.25, 0.3) is 0 Å². The van der Waals surface area contributed by atoms with E-state index in [1.807, 2.05) is 0 Å². The predicted octanol–water partition coefficient (Wildman–Crippen LogP) is 3.26. The number of fused-ring (bicyclic) bond motifs is 1. The molecule has 1 aromatic heterocycles. The number of aryl methyl sites for hydroxylation is 2. The van der Waals surface area contributed by atoms with Crippen LogP contribution in [0.3, 0.4) is 0 Å². The van der Waals surface area contributed by atoms with Crippen LogP contribution in [-0.2, 0) is 28.9 Å². The minimum atomic E-state index is -0.600. The van der Waals surface area contributed by atoms with Crippen molar-refractivity contribution in [1.29, 1.82) is 0 Å². The Kier molecular flexibility index (Phi) is 5.33. The number of nitrogens with zero attached hydrogens (tertiary/aromatic N) is 1. The second-order valence-corrected chi connectivity index (χ2v) is 6.64. The number of phenols is 1. The van der Waals surface area contributed by atoms with E-state index in [-0.39, 0.29) is 29.5 Å². The molecule has 0 fully saturated rings. The summed E-state index contributed by atoms with van der Waals surface area (Å²) in [6.07, 6.45) is 4.02. The maximum absolute atomic E-state index is 12.3. The van der Waals surface area contributed by atoms with Crippen LogP contribution >= 0.6 is 11.3 Å². The Labute approximate surface area is 149 Å². The highest BCUT2D eigenvalue weighted by Crippen LogP contribution is 2.29. The molecule has 6 nitrogen and oxygen atoms in total. The quantitative estimate of drug-likeness (QED) is 0.823. The smallest absolute Gasteiger partial charge is 0.367 e. The molecule has 0 bridgehead atoms. The molecule has 7 heteroatoms. The number of carbonyl (C=O) groups excluding carboxylic acids is 2. The Morgan fingerprint density at radius 1 is 1.16 bits per heavy atom. The Morgan fingerprint density at radius 2 is 1.88 bits per heavy atom. The summed E-state index contributed by atoms with van der Waals surface area (Å²) < 4.78 is 10.1. The maximum atomic E-state index is 12.3. The summed E-state index contributed by atoms with van der Waals surface area (Å²) in [6.45, 7) is 1.94. The number of rotatable bonds is 5. The van der Waals surface area contributed by atoms with Gasteiger partial charge in [0.05, 0.1) is 12.3 Å². The summed E-state index contributed by atoms with van der Waals surface area (Å²) in [4.78, 5) is 27.9. The third-order valence-corrected chi connectivity index (χ3v) is 4.90. The van der Waals surface area contributed by atoms with E-state index >= 15 is 0 Å². The number of carbonyl (C=O) groups is 2. The molecule has 0 spiro atoms. The number of ether oxygens (including phenoxy) is 2. The van der Waals surface area contributed by atoms with Crippen LogP contribution in [0, 0.1) is 0 Å². The lowest BCUT2D eigenvalue weighted by atomic mass is 9.90. The Balaban J connectivity index is 1.66. The number of hydrogen-bond acceptors (Lipinski definition) is 7. The van der Waals surface area contributed by atoms with Crippen LogP contribution in [-0.4, -0.2) is 28.6 Å². The number of benzene rings is 1. The highest BCUT2D eigenvalue weighted by molar-refractivity contribution is 7.11. The van der Waals surface area contributed by atoms with Crippen LogP contribution in [0.5, 0.6) is 5.75 Å². The van der Waals surface area contributed by atoms with Crippen molar-refractivity contribution in [3.63, 3.8) is 0 Å². The third-order valence-electron chi connectivity index (χ3n) is 4.03. The molecule has 1 N–H and O–H groups in total. The predicted molar refractivity (Wildman–Crippen MR) is 91.9 cm³/mol. The van der Waals surface area contributed by atoms with Gasteiger partial charge in [-0.1, -0.05) is 0 Å². The van der Waals surface area contributed by atoms with E-state index < -0.39 is 11.9 Å². The van der Waals surface area contributed by atoms with Gasteiger partial charge in [0.1, 0.15) is 17.9 Å². The van der Waals surface area contributed by atoms with Crippen molar-refractivity contribution >= 4 is 23.3 Å². The van der Waals surface area contributed by atoms with Gasteiger partial charge in [0.15, 0.2) is 0 Å².